The minimum Gasteiger partial charge on any atom is -0.432 e. The number of benzene rings is 1. The van der Waals surface area contributed by atoms with Crippen molar-refractivity contribution < 1.29 is 14.3 Å². The van der Waals surface area contributed by atoms with E-state index in [1.165, 1.54) is 0 Å². The number of carbonyl (C=O) groups is 2. The van der Waals surface area contributed by atoms with Gasteiger partial charge in [-0.25, -0.2) is 4.79 Å². The van der Waals surface area contributed by atoms with Gasteiger partial charge in [0.15, 0.2) is 0 Å². The maximum absolute atomic E-state index is 11.7. The van der Waals surface area contributed by atoms with Crippen LogP contribution in [-0.2, 0) is 9.53 Å². The molecule has 1 aliphatic heterocycles. The average molecular weight is 272 g/mol. The Labute approximate surface area is 107 Å². The highest BCUT2D eigenvalue weighted by molar-refractivity contribution is 6.48. The fraction of sp³-hybridized carbons (Fsp3) is 0.0909. The van der Waals surface area contributed by atoms with E-state index in [1.54, 1.807) is 30.3 Å². The number of halogens is 2. The molecule has 1 aliphatic rings. The number of hydrogen-bond acceptors (Lipinski definition) is 3. The molecule has 0 fully saturated rings. The summed E-state index contributed by atoms with van der Waals surface area (Å²) < 4.78 is 4.77. The molecule has 1 atom stereocenters. The van der Waals surface area contributed by atoms with Crippen LogP contribution in [0.5, 0.6) is 0 Å². The lowest BCUT2D eigenvalue weighted by atomic mass is 10.2. The van der Waals surface area contributed by atoms with Gasteiger partial charge in [-0.15, -0.1) is 0 Å². The summed E-state index contributed by atoms with van der Waals surface area (Å²) in [4.78, 5) is 22.8. The fourth-order valence-corrected chi connectivity index (χ4v) is 1.63. The summed E-state index contributed by atoms with van der Waals surface area (Å²) in [5.41, 5.74) is 0.441. The van der Waals surface area contributed by atoms with Gasteiger partial charge in [-0.05, 0) is 12.1 Å². The van der Waals surface area contributed by atoms with Gasteiger partial charge in [-0.1, -0.05) is 41.4 Å². The molecule has 1 aromatic carbocycles. The van der Waals surface area contributed by atoms with Crippen molar-refractivity contribution in [3.8, 4) is 0 Å². The van der Waals surface area contributed by atoms with Crippen LogP contribution in [-0.4, -0.2) is 18.1 Å². The Morgan fingerprint density at radius 3 is 2.41 bits per heavy atom. The minimum atomic E-state index is -1.01. The van der Waals surface area contributed by atoms with E-state index in [0.717, 1.165) is 0 Å². The van der Waals surface area contributed by atoms with Crippen molar-refractivity contribution >= 4 is 35.1 Å². The van der Waals surface area contributed by atoms with Crippen LogP contribution < -0.4 is 5.32 Å². The Bertz CT molecular complexity index is 499. The van der Waals surface area contributed by atoms with Gasteiger partial charge in [-0.2, -0.15) is 0 Å². The summed E-state index contributed by atoms with van der Waals surface area (Å²) in [6.45, 7) is 0. The molecule has 1 N–H and O–H groups in total. The third-order valence-electron chi connectivity index (χ3n) is 2.14. The highest BCUT2D eigenvalue weighted by Crippen LogP contribution is 2.27. The zero-order chi connectivity index (χ0) is 12.4. The van der Waals surface area contributed by atoms with E-state index < -0.39 is 18.1 Å². The molecular formula is C11H7Cl2NO3. The molecule has 0 unspecified atom stereocenters. The smallest absolute Gasteiger partial charge is 0.353 e. The van der Waals surface area contributed by atoms with Gasteiger partial charge < -0.3 is 10.1 Å². The maximum Gasteiger partial charge on any atom is 0.353 e. The van der Waals surface area contributed by atoms with E-state index in [1.807, 2.05) is 0 Å². The maximum atomic E-state index is 11.7. The normalized spacial score (nSPS) is 19.2. The summed E-state index contributed by atoms with van der Waals surface area (Å²) in [6.07, 6.45) is -1.01. The lowest BCUT2D eigenvalue weighted by molar-refractivity contribution is -0.139. The molecule has 0 saturated carbocycles. The highest BCUT2D eigenvalue weighted by atomic mass is 35.5. The number of ether oxygens (including phenoxy) is 1. The Morgan fingerprint density at radius 1 is 1.24 bits per heavy atom. The second-order valence-electron chi connectivity index (χ2n) is 3.29. The van der Waals surface area contributed by atoms with E-state index in [-0.39, 0.29) is 10.1 Å². The minimum absolute atomic E-state index is 0.0130. The number of cyclic esters (lactones) is 1. The Balaban J connectivity index is 2.09. The molecule has 88 valence electrons. The molecule has 0 aromatic heterocycles. The lowest BCUT2D eigenvalue weighted by Crippen LogP contribution is -2.35. The first-order chi connectivity index (χ1) is 8.09. The van der Waals surface area contributed by atoms with Crippen LogP contribution in [0.3, 0.4) is 0 Å². The van der Waals surface area contributed by atoms with E-state index >= 15 is 0 Å². The van der Waals surface area contributed by atoms with Gasteiger partial charge in [0, 0.05) is 5.56 Å². The molecule has 6 heteroatoms. The van der Waals surface area contributed by atoms with E-state index in [9.17, 15) is 9.59 Å². The van der Waals surface area contributed by atoms with Crippen molar-refractivity contribution in [1.82, 2.24) is 5.32 Å². The summed E-state index contributed by atoms with van der Waals surface area (Å²) in [5, 5.41) is 2.23. The molecule has 0 aliphatic carbocycles. The van der Waals surface area contributed by atoms with Crippen LogP contribution in [0, 0.1) is 0 Å². The van der Waals surface area contributed by atoms with Crippen molar-refractivity contribution in [3.05, 3.63) is 46.0 Å². The van der Waals surface area contributed by atoms with Gasteiger partial charge in [0.25, 0.3) is 5.91 Å². The van der Waals surface area contributed by atoms with E-state index in [4.69, 9.17) is 27.9 Å². The summed E-state index contributed by atoms with van der Waals surface area (Å²) in [7, 11) is 0. The zero-order valence-electron chi connectivity index (χ0n) is 8.44. The van der Waals surface area contributed by atoms with Gasteiger partial charge >= 0.3 is 5.97 Å². The van der Waals surface area contributed by atoms with Gasteiger partial charge in [-0.3, -0.25) is 4.79 Å². The molecule has 1 aromatic rings. The number of rotatable bonds is 2. The van der Waals surface area contributed by atoms with Crippen molar-refractivity contribution in [2.24, 2.45) is 0 Å². The van der Waals surface area contributed by atoms with Crippen molar-refractivity contribution in [3.63, 3.8) is 0 Å². The quantitative estimate of drug-likeness (QED) is 0.837. The van der Waals surface area contributed by atoms with Gasteiger partial charge in [0.2, 0.25) is 6.23 Å². The molecule has 0 spiro atoms. The number of hydrogen-bond donors (Lipinski definition) is 1. The van der Waals surface area contributed by atoms with Gasteiger partial charge in [0.1, 0.15) is 10.1 Å². The van der Waals surface area contributed by atoms with Crippen LogP contribution in [0.25, 0.3) is 0 Å². The molecule has 1 amide bonds. The second-order valence-corrected chi connectivity index (χ2v) is 4.07. The number of nitrogens with one attached hydrogen (secondary N) is 1. The van der Waals surface area contributed by atoms with Crippen molar-refractivity contribution in [2.45, 2.75) is 6.23 Å². The van der Waals surface area contributed by atoms with E-state index in [0.29, 0.717) is 5.56 Å². The zero-order valence-corrected chi connectivity index (χ0v) is 9.96. The standard InChI is InChI=1S/C11H7Cl2NO3/c12-7-8(13)11(16)17-10(7)14-9(15)6-4-2-1-3-5-6/h1-5,10H,(H,14,15)/t10-/m1/s1. The third kappa shape index (κ3) is 2.43. The van der Waals surface area contributed by atoms with Crippen LogP contribution in [0.1, 0.15) is 10.4 Å². The molecular weight excluding hydrogens is 265 g/mol. The molecule has 2 rings (SSSR count). The Morgan fingerprint density at radius 2 is 1.88 bits per heavy atom. The SMILES string of the molecule is O=C1O[C@@H](NC(=O)c2ccccc2)C(Cl)=C1Cl. The molecule has 0 radical (unpaired) electrons. The first-order valence-electron chi connectivity index (χ1n) is 4.71. The van der Waals surface area contributed by atoms with Crippen LogP contribution >= 0.6 is 23.2 Å². The molecule has 0 bridgehead atoms. The Hall–Kier alpha value is -1.52. The van der Waals surface area contributed by atoms with Crippen LogP contribution in [0.2, 0.25) is 0 Å². The number of esters is 1. The van der Waals surface area contributed by atoms with Gasteiger partial charge in [0.05, 0.1) is 0 Å². The largest absolute Gasteiger partial charge is 0.432 e. The predicted octanol–water partition coefficient (Wildman–Crippen LogP) is 1.99. The van der Waals surface area contributed by atoms with Crippen LogP contribution in [0.15, 0.2) is 40.4 Å². The van der Waals surface area contributed by atoms with E-state index in [2.05, 4.69) is 5.32 Å². The predicted molar refractivity (Wildman–Crippen MR) is 62.5 cm³/mol. The molecule has 1 heterocycles. The monoisotopic (exact) mass is 271 g/mol. The topological polar surface area (TPSA) is 55.4 Å². The average Bonchev–Trinajstić information content (AvgIpc) is 2.58. The van der Waals surface area contributed by atoms with Crippen molar-refractivity contribution in [1.29, 1.82) is 0 Å². The fourth-order valence-electron chi connectivity index (χ4n) is 1.31. The number of amides is 1. The molecule has 0 saturated heterocycles. The summed E-state index contributed by atoms with van der Waals surface area (Å²) in [6, 6.07) is 8.49. The van der Waals surface area contributed by atoms with Crippen molar-refractivity contribution in [2.75, 3.05) is 0 Å². The summed E-state index contributed by atoms with van der Waals surface area (Å²) >= 11 is 11.3. The Kier molecular flexibility index (Phi) is 3.36. The first kappa shape index (κ1) is 12.0. The first-order valence-corrected chi connectivity index (χ1v) is 5.47. The second kappa shape index (κ2) is 4.77. The highest BCUT2D eigenvalue weighted by Gasteiger charge is 2.33. The lowest BCUT2D eigenvalue weighted by Gasteiger charge is -2.12. The summed E-state index contributed by atoms with van der Waals surface area (Å²) in [5.74, 6) is -1.14. The molecule has 17 heavy (non-hydrogen) atoms. The van der Waals surface area contributed by atoms with Crippen LogP contribution in [0.4, 0.5) is 0 Å². The third-order valence-corrected chi connectivity index (χ3v) is 2.98. The number of carbonyl (C=O) groups excluding carboxylic acids is 2. The molecule has 4 nitrogen and oxygen atoms in total.